The number of halogens is 2. The number of rotatable bonds is 8. The molecule has 0 saturated carbocycles. The predicted octanol–water partition coefficient (Wildman–Crippen LogP) is 4.47. The minimum Gasteiger partial charge on any atom is -0.352 e. The van der Waals surface area contributed by atoms with E-state index < -0.39 is 11.7 Å². The van der Waals surface area contributed by atoms with Gasteiger partial charge in [0.2, 0.25) is 5.91 Å². The molecule has 2 N–H and O–H groups in total. The highest BCUT2D eigenvalue weighted by Crippen LogP contribution is 2.28. The minimum absolute atomic E-state index is 0.0511. The molecule has 0 saturated heterocycles. The Morgan fingerprint density at radius 2 is 1.93 bits per heavy atom. The first-order valence-electron chi connectivity index (χ1n) is 8.22. The van der Waals surface area contributed by atoms with Gasteiger partial charge in [-0.3, -0.25) is 9.59 Å². The highest BCUT2D eigenvalue weighted by molar-refractivity contribution is 7.98. The second kappa shape index (κ2) is 10.5. The molecule has 0 aliphatic heterocycles. The summed E-state index contributed by atoms with van der Waals surface area (Å²) in [6.45, 7) is 2.40. The van der Waals surface area contributed by atoms with Gasteiger partial charge >= 0.3 is 0 Å². The zero-order chi connectivity index (χ0) is 19.8. The van der Waals surface area contributed by atoms with Gasteiger partial charge in [0.25, 0.3) is 5.91 Å². The smallest absolute Gasteiger partial charge is 0.255 e. The fourth-order valence-corrected chi connectivity index (χ4v) is 4.02. The Bertz CT molecular complexity index is 839. The molecule has 27 heavy (non-hydrogen) atoms. The summed E-state index contributed by atoms with van der Waals surface area (Å²) < 4.78 is 14.5. The number of thioether (sulfide) groups is 1. The molecule has 1 aromatic carbocycles. The first-order valence-corrected chi connectivity index (χ1v) is 10.6. The van der Waals surface area contributed by atoms with Gasteiger partial charge in [0.1, 0.15) is 5.82 Å². The maximum Gasteiger partial charge on any atom is 0.255 e. The van der Waals surface area contributed by atoms with Crippen LogP contribution in [0, 0.1) is 5.82 Å². The van der Waals surface area contributed by atoms with Gasteiger partial charge in [0.15, 0.2) is 0 Å². The molecule has 0 fully saturated rings. The summed E-state index contributed by atoms with van der Waals surface area (Å²) in [5, 5.41) is 5.45. The number of nitrogens with one attached hydrogen (secondary N) is 2. The first-order chi connectivity index (χ1) is 12.9. The fourth-order valence-electron chi connectivity index (χ4n) is 2.30. The third-order valence-electron chi connectivity index (χ3n) is 3.78. The van der Waals surface area contributed by atoms with Crippen LogP contribution in [-0.2, 0) is 4.79 Å². The van der Waals surface area contributed by atoms with Crippen molar-refractivity contribution in [3.05, 3.63) is 63.1 Å². The topological polar surface area (TPSA) is 58.2 Å². The van der Waals surface area contributed by atoms with Crippen LogP contribution in [0.3, 0.4) is 0 Å². The predicted molar refractivity (Wildman–Crippen MR) is 110 cm³/mol. The SMILES string of the molecule is CSc1cccc(F)c1C(=O)NC/C=C\CNC(=O)C(C)c1ccc(Cl)s1. The molecular weight excluding hydrogens is 407 g/mol. The second-order valence-electron chi connectivity index (χ2n) is 5.61. The van der Waals surface area contributed by atoms with Crippen LogP contribution in [0.15, 0.2) is 47.4 Å². The lowest BCUT2D eigenvalue weighted by molar-refractivity contribution is -0.121. The number of carbonyl (C=O) groups excluding carboxylic acids is 2. The fraction of sp³-hybridized carbons (Fsp3) is 0.263. The number of carbonyl (C=O) groups is 2. The first kappa shape index (κ1) is 21.5. The number of hydrogen-bond acceptors (Lipinski definition) is 4. The van der Waals surface area contributed by atoms with Gasteiger partial charge in [-0.15, -0.1) is 23.1 Å². The van der Waals surface area contributed by atoms with Gasteiger partial charge in [-0.25, -0.2) is 4.39 Å². The molecule has 0 aliphatic rings. The lowest BCUT2D eigenvalue weighted by Crippen LogP contribution is -2.28. The van der Waals surface area contributed by atoms with Crippen molar-refractivity contribution >= 4 is 46.5 Å². The molecule has 2 aromatic rings. The number of benzene rings is 1. The van der Waals surface area contributed by atoms with Crippen LogP contribution in [-0.4, -0.2) is 31.2 Å². The van der Waals surface area contributed by atoms with E-state index in [1.807, 2.05) is 13.0 Å². The normalized spacial score (nSPS) is 12.1. The molecular formula is C19H20ClFN2O2S2. The highest BCUT2D eigenvalue weighted by atomic mass is 35.5. The Labute approximate surface area is 171 Å². The number of amides is 2. The molecule has 1 aromatic heterocycles. The van der Waals surface area contributed by atoms with Crippen LogP contribution in [0.5, 0.6) is 0 Å². The van der Waals surface area contributed by atoms with E-state index in [0.717, 1.165) is 4.88 Å². The van der Waals surface area contributed by atoms with E-state index in [0.29, 0.717) is 15.8 Å². The summed E-state index contributed by atoms with van der Waals surface area (Å²) in [7, 11) is 0. The molecule has 144 valence electrons. The summed E-state index contributed by atoms with van der Waals surface area (Å²) >= 11 is 8.59. The second-order valence-corrected chi connectivity index (χ2v) is 8.20. The maximum atomic E-state index is 13.9. The summed E-state index contributed by atoms with van der Waals surface area (Å²) in [6.07, 6.45) is 5.24. The average Bonchev–Trinajstić information content (AvgIpc) is 3.09. The molecule has 0 spiro atoms. The monoisotopic (exact) mass is 426 g/mol. The molecule has 8 heteroatoms. The van der Waals surface area contributed by atoms with Gasteiger partial charge in [-0.2, -0.15) is 0 Å². The van der Waals surface area contributed by atoms with Gasteiger partial charge in [-0.05, 0) is 37.4 Å². The van der Waals surface area contributed by atoms with Crippen LogP contribution < -0.4 is 10.6 Å². The number of hydrogen-bond donors (Lipinski definition) is 2. The van der Waals surface area contributed by atoms with Crippen molar-refractivity contribution in [1.82, 2.24) is 10.6 Å². The molecule has 2 amide bonds. The van der Waals surface area contributed by atoms with Crippen LogP contribution in [0.1, 0.15) is 28.1 Å². The lowest BCUT2D eigenvalue weighted by Gasteiger charge is -2.09. The molecule has 1 heterocycles. The van der Waals surface area contributed by atoms with Crippen molar-refractivity contribution in [3.8, 4) is 0 Å². The van der Waals surface area contributed by atoms with E-state index in [-0.39, 0.29) is 23.9 Å². The third kappa shape index (κ3) is 6.09. The van der Waals surface area contributed by atoms with Gasteiger partial charge in [0, 0.05) is 22.9 Å². The highest BCUT2D eigenvalue weighted by Gasteiger charge is 2.16. The quantitative estimate of drug-likeness (QED) is 0.483. The summed E-state index contributed by atoms with van der Waals surface area (Å²) in [6, 6.07) is 8.16. The van der Waals surface area contributed by atoms with E-state index in [2.05, 4.69) is 10.6 Å². The Morgan fingerprint density at radius 3 is 2.56 bits per heavy atom. The van der Waals surface area contributed by atoms with Crippen molar-refractivity contribution in [2.45, 2.75) is 17.7 Å². The van der Waals surface area contributed by atoms with E-state index in [9.17, 15) is 14.0 Å². The maximum absolute atomic E-state index is 13.9. The van der Waals surface area contributed by atoms with Crippen molar-refractivity contribution in [1.29, 1.82) is 0 Å². The molecule has 0 bridgehead atoms. The molecule has 2 rings (SSSR count). The summed E-state index contributed by atoms with van der Waals surface area (Å²) in [5.41, 5.74) is 0.0511. The summed E-state index contributed by atoms with van der Waals surface area (Å²) in [4.78, 5) is 25.7. The molecule has 1 unspecified atom stereocenters. The van der Waals surface area contributed by atoms with E-state index >= 15 is 0 Å². The largest absolute Gasteiger partial charge is 0.352 e. The zero-order valence-corrected chi connectivity index (χ0v) is 17.3. The Morgan fingerprint density at radius 1 is 1.22 bits per heavy atom. The lowest BCUT2D eigenvalue weighted by atomic mass is 10.1. The van der Waals surface area contributed by atoms with Crippen LogP contribution in [0.25, 0.3) is 0 Å². The molecule has 0 aliphatic carbocycles. The third-order valence-corrected chi connectivity index (χ3v) is 5.97. The van der Waals surface area contributed by atoms with E-state index in [1.54, 1.807) is 36.6 Å². The van der Waals surface area contributed by atoms with Gasteiger partial charge in [-0.1, -0.05) is 29.8 Å². The molecule has 1 atom stereocenters. The van der Waals surface area contributed by atoms with Crippen LogP contribution in [0.2, 0.25) is 4.34 Å². The average molecular weight is 427 g/mol. The minimum atomic E-state index is -0.543. The van der Waals surface area contributed by atoms with Crippen molar-refractivity contribution in [3.63, 3.8) is 0 Å². The zero-order valence-electron chi connectivity index (χ0n) is 14.9. The summed E-state index contributed by atoms with van der Waals surface area (Å²) in [5.74, 6) is -1.38. The Hall–Kier alpha value is -1.83. The Balaban J connectivity index is 1.77. The van der Waals surface area contributed by atoms with E-state index in [1.165, 1.54) is 29.2 Å². The Kier molecular flexibility index (Phi) is 8.34. The van der Waals surface area contributed by atoms with E-state index in [4.69, 9.17) is 11.6 Å². The number of thiophene rings is 1. The van der Waals surface area contributed by atoms with Crippen molar-refractivity contribution in [2.75, 3.05) is 19.3 Å². The van der Waals surface area contributed by atoms with Gasteiger partial charge in [0.05, 0.1) is 15.8 Å². The standard InChI is InChI=1S/C19H20ClFN2O2S2/c1-12(14-8-9-16(20)27-14)18(24)22-10-3-4-11-23-19(25)17-13(21)6-5-7-15(17)26-2/h3-9,12H,10-11H2,1-2H3,(H,22,24)(H,23,25)/b4-3-. The molecule has 4 nitrogen and oxygen atoms in total. The molecule has 0 radical (unpaired) electrons. The van der Waals surface area contributed by atoms with Crippen molar-refractivity contribution in [2.24, 2.45) is 0 Å². The van der Waals surface area contributed by atoms with Crippen LogP contribution >= 0.6 is 34.7 Å². The van der Waals surface area contributed by atoms with Gasteiger partial charge < -0.3 is 10.6 Å². The van der Waals surface area contributed by atoms with Crippen LogP contribution in [0.4, 0.5) is 4.39 Å². The van der Waals surface area contributed by atoms with Crippen molar-refractivity contribution < 1.29 is 14.0 Å².